The van der Waals surface area contributed by atoms with Crippen LogP contribution in [0.2, 0.25) is 0 Å². The predicted octanol–water partition coefficient (Wildman–Crippen LogP) is 25.1. The summed E-state index contributed by atoms with van der Waals surface area (Å²) >= 11 is 0. The minimum Gasteiger partial charge on any atom is -0.383 e. The van der Waals surface area contributed by atoms with Crippen molar-refractivity contribution in [1.29, 1.82) is 0 Å². The lowest BCUT2D eigenvalue weighted by molar-refractivity contribution is 0.522. The van der Waals surface area contributed by atoms with Gasteiger partial charge in [-0.1, -0.05) is 182 Å². The van der Waals surface area contributed by atoms with E-state index in [0.29, 0.717) is 52.8 Å². The predicted molar refractivity (Wildman–Crippen MR) is 473 cm³/mol. The maximum absolute atomic E-state index is 5.71. The Morgan fingerprint density at radius 3 is 1.33 bits per heavy atom. The summed E-state index contributed by atoms with van der Waals surface area (Å²) < 4.78 is 2.08. The molecule has 0 unspecified atom stereocenters. The topological polar surface area (TPSA) is 159 Å². The molecule has 12 nitrogen and oxygen atoms in total. The molecule has 0 amide bonds. The molecule has 0 radical (unpaired) electrons. The SMILES string of the molecule is CC(C)c1ccc2cc3c(nc2c1)CC=C3.CC(C)c1ccc2cc3c(nc2c1)CC=N3.CC(C)c1ccc2cc3c(nc2c1)CCC3.CC(C)c1ccc2cc3c(nc2c1)CCC3(C)C.CC(C)c1ccc2cc3c(nc2c1)CCCC3.CC(C)c1ccc2cc3c(nc2c1)CN=C3.CC(C)n1ccc2c(N)ncnc21. The van der Waals surface area contributed by atoms with E-state index < -0.39 is 0 Å². The molecule has 0 spiro atoms. The highest BCUT2D eigenvalue weighted by molar-refractivity contribution is 5.92. The normalized spacial score (nSPS) is 14.4. The van der Waals surface area contributed by atoms with Crippen molar-refractivity contribution < 1.29 is 0 Å². The zero-order valence-corrected chi connectivity index (χ0v) is 68.9. The van der Waals surface area contributed by atoms with Gasteiger partial charge in [0.05, 0.1) is 67.8 Å². The lowest BCUT2D eigenvalue weighted by atomic mass is 9.86. The van der Waals surface area contributed by atoms with Crippen molar-refractivity contribution in [3.05, 3.63) is 266 Å². The minimum absolute atomic E-state index is 0.299. The summed E-state index contributed by atoms with van der Waals surface area (Å²) in [6.07, 6.45) is 24.5. The average molecular weight is 1480 g/mol. The van der Waals surface area contributed by atoms with Crippen LogP contribution in [0.5, 0.6) is 0 Å². The number of nitrogen functional groups attached to an aromatic ring is 1. The maximum atomic E-state index is 5.71. The Labute approximate surface area is 663 Å². The Morgan fingerprint density at radius 1 is 0.393 bits per heavy atom. The number of hydrogen-bond donors (Lipinski definition) is 1. The van der Waals surface area contributed by atoms with Gasteiger partial charge < -0.3 is 10.3 Å². The van der Waals surface area contributed by atoms with Crippen molar-refractivity contribution >= 4 is 106 Å². The number of hydrogen-bond acceptors (Lipinski definition) is 11. The molecule has 572 valence electrons. The van der Waals surface area contributed by atoms with Crippen LogP contribution in [0.4, 0.5) is 11.5 Å². The third-order valence-corrected chi connectivity index (χ3v) is 23.1. The largest absolute Gasteiger partial charge is 0.383 e. The molecule has 2 N–H and O–H groups in total. The number of fused-ring (bicyclic) bond motifs is 13. The number of benzene rings is 6. The molecule has 0 fully saturated rings. The van der Waals surface area contributed by atoms with E-state index in [0.717, 1.165) is 88.8 Å². The summed E-state index contributed by atoms with van der Waals surface area (Å²) in [5, 5.41) is 8.44. The van der Waals surface area contributed by atoms with E-state index in [-0.39, 0.29) is 0 Å². The zero-order valence-electron chi connectivity index (χ0n) is 68.9. The number of anilines is 1. The van der Waals surface area contributed by atoms with E-state index >= 15 is 0 Å². The van der Waals surface area contributed by atoms with Crippen LogP contribution >= 0.6 is 0 Å². The van der Waals surface area contributed by atoms with Gasteiger partial charge in [0.1, 0.15) is 17.8 Å². The molecule has 2 aliphatic heterocycles. The fraction of sp³-hybridized carbons (Fsp3) is 0.360. The number of nitrogens with zero attached hydrogens (tertiary/aromatic N) is 11. The number of allylic oxidation sites excluding steroid dienone is 1. The van der Waals surface area contributed by atoms with Gasteiger partial charge in [-0.3, -0.25) is 39.9 Å². The quantitative estimate of drug-likeness (QED) is 0.164. The van der Waals surface area contributed by atoms with Gasteiger partial charge in [0.15, 0.2) is 0 Å². The molecule has 0 saturated carbocycles. The molecule has 6 aliphatic rings. The van der Waals surface area contributed by atoms with E-state index in [9.17, 15) is 0 Å². The Morgan fingerprint density at radius 2 is 0.821 bits per heavy atom. The third-order valence-electron chi connectivity index (χ3n) is 23.1. The van der Waals surface area contributed by atoms with Crippen LogP contribution in [0.25, 0.3) is 82.5 Å². The highest BCUT2D eigenvalue weighted by Gasteiger charge is 2.31. The summed E-state index contributed by atoms with van der Waals surface area (Å²) in [6, 6.07) is 55.7. The van der Waals surface area contributed by atoms with Gasteiger partial charge in [-0.05, 0) is 247 Å². The van der Waals surface area contributed by atoms with Gasteiger partial charge in [-0.25, -0.2) is 9.97 Å². The Kier molecular flexibility index (Phi) is 23.5. The fourth-order valence-corrected chi connectivity index (χ4v) is 15.8. The molecule has 8 aromatic heterocycles. The molecule has 10 heterocycles. The number of aryl methyl sites for hydroxylation is 5. The van der Waals surface area contributed by atoms with Crippen LogP contribution < -0.4 is 5.73 Å². The van der Waals surface area contributed by atoms with Crippen molar-refractivity contribution in [3.8, 4) is 0 Å². The standard InChI is InChI=1S/C17H21N.C16H19N.C15H17N.C15H15N.2C14H14N2.C9H12N4/c1-11(2)12-5-6-13-9-14-15(18-16(13)10-12)7-8-17(14,3)4;1-11(2)12-7-8-14-9-13-5-3-4-6-15(13)17-16(14)10-12;2*1-10(2)11-6-7-13-8-12-4-3-5-14(12)16-15(13)9-11;1-9(2)10-3-4-11-5-12-7-15-8-14(12)16-13(11)6-10;1-9(2)10-3-4-11-8-14-12(5-6-15-14)16-13(11)7-10;1-6(2)13-4-3-7-8(10)11-5-12-9(7)13/h5-6,9-11H,7-8H2,1-4H3;7-11H,3-6H2,1-2H3;6-10H,3-5H2,1-2H3;3-4,6-10H,5H2,1-2H3;3-7,9H,8H2,1-2H3;3-4,6-9H,5H2,1-2H3;3-6H,1-2H3,(H2,10,11,12). The van der Waals surface area contributed by atoms with Gasteiger partial charge in [-0.15, -0.1) is 0 Å². The molecule has 0 atom stereocenters. The number of pyridine rings is 6. The molecular weight excluding hydrogens is 1370 g/mol. The Balaban J connectivity index is 0.000000109. The highest BCUT2D eigenvalue weighted by Crippen LogP contribution is 2.40. The lowest BCUT2D eigenvalue weighted by Crippen LogP contribution is -2.11. The number of aliphatic imine (C=N–C) groups is 2. The van der Waals surface area contributed by atoms with Gasteiger partial charge in [-0.2, -0.15) is 0 Å². The minimum atomic E-state index is 0.299. The monoisotopic (exact) mass is 1480 g/mol. The van der Waals surface area contributed by atoms with E-state index in [4.69, 9.17) is 25.7 Å². The Hall–Kier alpha value is -10.7. The van der Waals surface area contributed by atoms with Gasteiger partial charge >= 0.3 is 0 Å². The fourth-order valence-electron chi connectivity index (χ4n) is 15.8. The molecule has 20 rings (SSSR count). The number of aromatic nitrogens is 9. The molecule has 6 aromatic carbocycles. The van der Waals surface area contributed by atoms with Crippen LogP contribution in [0.1, 0.15) is 273 Å². The molecular formula is C100H112N12. The lowest BCUT2D eigenvalue weighted by Gasteiger charge is -2.18. The molecule has 12 heteroatoms. The third kappa shape index (κ3) is 17.6. The summed E-state index contributed by atoms with van der Waals surface area (Å²) in [4.78, 5) is 45.3. The van der Waals surface area contributed by atoms with Crippen LogP contribution in [-0.4, -0.2) is 56.9 Å². The number of nitrogens with two attached hydrogens (primary N) is 1. The molecule has 4 aliphatic carbocycles. The summed E-state index contributed by atoms with van der Waals surface area (Å²) in [5.41, 5.74) is 37.2. The van der Waals surface area contributed by atoms with Crippen LogP contribution in [0.15, 0.2) is 180 Å². The first-order chi connectivity index (χ1) is 53.9. The van der Waals surface area contributed by atoms with Crippen molar-refractivity contribution in [2.24, 2.45) is 9.98 Å². The van der Waals surface area contributed by atoms with E-state index in [1.54, 1.807) is 0 Å². The van der Waals surface area contributed by atoms with Crippen molar-refractivity contribution in [3.63, 3.8) is 0 Å². The summed E-state index contributed by atoms with van der Waals surface area (Å²) in [7, 11) is 0. The average Bonchev–Trinajstić information content (AvgIpc) is 1.39. The zero-order chi connectivity index (χ0) is 78.6. The second-order valence-electron chi connectivity index (χ2n) is 34.2. The van der Waals surface area contributed by atoms with Crippen LogP contribution in [0.3, 0.4) is 0 Å². The molecule has 0 saturated heterocycles. The second kappa shape index (κ2) is 33.7. The first-order valence-electron chi connectivity index (χ1n) is 41.2. The Bertz CT molecular complexity index is 5610. The molecule has 14 aromatic rings. The van der Waals surface area contributed by atoms with Crippen LogP contribution in [-0.2, 0) is 56.9 Å². The first-order valence-corrected chi connectivity index (χ1v) is 41.2. The van der Waals surface area contributed by atoms with E-state index in [1.807, 2.05) is 24.7 Å². The van der Waals surface area contributed by atoms with E-state index in [1.165, 1.54) is 172 Å². The molecule has 112 heavy (non-hydrogen) atoms. The smallest absolute Gasteiger partial charge is 0.145 e. The number of rotatable bonds is 7. The summed E-state index contributed by atoms with van der Waals surface area (Å²) in [5.74, 6) is 3.95. The van der Waals surface area contributed by atoms with Crippen molar-refractivity contribution in [1.82, 2.24) is 44.4 Å². The van der Waals surface area contributed by atoms with Gasteiger partial charge in [0, 0.05) is 92.5 Å². The summed E-state index contributed by atoms with van der Waals surface area (Å²) in [6.45, 7) is 36.3. The van der Waals surface area contributed by atoms with Crippen LogP contribution in [0, 0.1) is 0 Å². The van der Waals surface area contributed by atoms with Gasteiger partial charge in [0.25, 0.3) is 0 Å². The maximum Gasteiger partial charge on any atom is 0.145 e. The van der Waals surface area contributed by atoms with Gasteiger partial charge in [0.2, 0.25) is 0 Å². The first kappa shape index (κ1) is 78.0. The van der Waals surface area contributed by atoms with E-state index in [2.05, 4.69) is 303 Å². The highest BCUT2D eigenvalue weighted by atomic mass is 15.1. The van der Waals surface area contributed by atoms with Crippen molar-refractivity contribution in [2.45, 2.75) is 235 Å². The molecule has 0 bridgehead atoms. The van der Waals surface area contributed by atoms with Crippen molar-refractivity contribution in [2.75, 3.05) is 5.73 Å². The second-order valence-corrected chi connectivity index (χ2v) is 34.2.